The highest BCUT2D eigenvalue weighted by atomic mass is 32.2. The van der Waals surface area contributed by atoms with E-state index in [-0.39, 0.29) is 22.9 Å². The van der Waals surface area contributed by atoms with Crippen LogP contribution in [-0.2, 0) is 21.4 Å². The Kier molecular flexibility index (Phi) is 8.90. The molecule has 0 radical (unpaired) electrons. The molecule has 1 unspecified atom stereocenters. The van der Waals surface area contributed by atoms with Crippen LogP contribution in [0, 0.1) is 13.8 Å². The SMILES string of the molecule is CCCCC(C(=O)O)N(c1ccc2cc(C(=O)NCc3ccccc3)ccc2c1)S(=O)(=O)c1cc(C)cc(C)c1. The van der Waals surface area contributed by atoms with Gasteiger partial charge in [0, 0.05) is 12.1 Å². The largest absolute Gasteiger partial charge is 0.480 e. The molecule has 0 fully saturated rings. The Hall–Kier alpha value is -4.17. The number of rotatable bonds is 11. The molecule has 4 aromatic carbocycles. The van der Waals surface area contributed by atoms with Crippen LogP contribution in [0.2, 0.25) is 0 Å². The summed E-state index contributed by atoms with van der Waals surface area (Å²) in [4.78, 5) is 25.3. The predicted molar refractivity (Wildman–Crippen MR) is 158 cm³/mol. The van der Waals surface area contributed by atoms with Crippen LogP contribution >= 0.6 is 0 Å². The Labute approximate surface area is 235 Å². The predicted octanol–water partition coefficient (Wildman–Crippen LogP) is 6.23. The summed E-state index contributed by atoms with van der Waals surface area (Å²) < 4.78 is 29.1. The van der Waals surface area contributed by atoms with Gasteiger partial charge in [0.1, 0.15) is 6.04 Å². The molecule has 8 heteroatoms. The van der Waals surface area contributed by atoms with Crippen molar-refractivity contribution < 1.29 is 23.1 Å². The molecule has 0 aliphatic carbocycles. The van der Waals surface area contributed by atoms with Crippen LogP contribution in [0.15, 0.2) is 89.8 Å². The van der Waals surface area contributed by atoms with Gasteiger partial charge >= 0.3 is 5.97 Å². The first kappa shape index (κ1) is 28.8. The first-order valence-electron chi connectivity index (χ1n) is 13.3. The topological polar surface area (TPSA) is 104 Å². The van der Waals surface area contributed by atoms with Crippen molar-refractivity contribution in [2.45, 2.75) is 57.5 Å². The maximum absolute atomic E-state index is 14.0. The fourth-order valence-corrected chi connectivity index (χ4v) is 6.63. The standard InChI is InChI=1S/C32H34N2O5S/c1-4-5-11-30(32(36)37)34(40(38,39)29-17-22(2)16-23(3)18-29)28-15-14-25-19-27(13-12-26(25)20-28)31(35)33-21-24-9-7-6-8-10-24/h6-10,12-20,30H,4-5,11,21H2,1-3H3,(H,33,35)(H,36,37). The molecule has 0 heterocycles. The summed E-state index contributed by atoms with van der Waals surface area (Å²) in [7, 11) is -4.21. The third-order valence-electron chi connectivity index (χ3n) is 6.79. The van der Waals surface area contributed by atoms with E-state index in [2.05, 4.69) is 5.32 Å². The number of carboxylic acids is 1. The van der Waals surface area contributed by atoms with Gasteiger partial charge in [-0.3, -0.25) is 9.10 Å². The molecule has 0 saturated heterocycles. The van der Waals surface area contributed by atoms with Crippen LogP contribution in [0.25, 0.3) is 10.8 Å². The van der Waals surface area contributed by atoms with E-state index in [1.807, 2.05) is 57.2 Å². The van der Waals surface area contributed by atoms with Crippen molar-refractivity contribution in [3.63, 3.8) is 0 Å². The molecule has 2 N–H and O–H groups in total. The number of fused-ring (bicyclic) bond motifs is 1. The normalized spacial score (nSPS) is 12.2. The van der Waals surface area contributed by atoms with E-state index in [4.69, 9.17) is 0 Å². The Morgan fingerprint density at radius 2 is 1.52 bits per heavy atom. The molecule has 1 amide bonds. The zero-order valence-corrected chi connectivity index (χ0v) is 23.7. The smallest absolute Gasteiger partial charge is 0.327 e. The van der Waals surface area contributed by atoms with Gasteiger partial charge in [0.05, 0.1) is 10.6 Å². The number of unbranched alkanes of at least 4 members (excludes halogenated alkanes) is 1. The van der Waals surface area contributed by atoms with Gasteiger partial charge in [-0.25, -0.2) is 13.2 Å². The van der Waals surface area contributed by atoms with Crippen LogP contribution in [-0.4, -0.2) is 31.4 Å². The third kappa shape index (κ3) is 6.51. The molecule has 1 atom stereocenters. The van der Waals surface area contributed by atoms with E-state index in [9.17, 15) is 23.1 Å². The minimum absolute atomic E-state index is 0.0540. The fourth-order valence-electron chi connectivity index (χ4n) is 4.81. The summed E-state index contributed by atoms with van der Waals surface area (Å²) in [6.07, 6.45) is 1.47. The second kappa shape index (κ2) is 12.3. The molecule has 4 aromatic rings. The number of carboxylic acid groups (broad SMARTS) is 1. The van der Waals surface area contributed by atoms with Crippen molar-refractivity contribution in [2.75, 3.05) is 4.31 Å². The van der Waals surface area contributed by atoms with Gasteiger partial charge in [-0.15, -0.1) is 0 Å². The van der Waals surface area contributed by atoms with Crippen molar-refractivity contribution in [3.8, 4) is 0 Å². The molecule has 0 aromatic heterocycles. The van der Waals surface area contributed by atoms with Crippen molar-refractivity contribution in [1.82, 2.24) is 5.32 Å². The first-order valence-corrected chi connectivity index (χ1v) is 14.8. The molecule has 4 rings (SSSR count). The van der Waals surface area contributed by atoms with E-state index in [0.717, 1.165) is 32.8 Å². The van der Waals surface area contributed by atoms with E-state index >= 15 is 0 Å². The van der Waals surface area contributed by atoms with Gasteiger partial charge in [-0.05, 0) is 84.1 Å². The number of amides is 1. The zero-order valence-electron chi connectivity index (χ0n) is 22.9. The average molecular weight is 559 g/mol. The molecule has 0 aliphatic rings. The van der Waals surface area contributed by atoms with Crippen LogP contribution in [0.4, 0.5) is 5.69 Å². The summed E-state index contributed by atoms with van der Waals surface area (Å²) in [5, 5.41) is 14.5. The van der Waals surface area contributed by atoms with Crippen LogP contribution in [0.5, 0.6) is 0 Å². The van der Waals surface area contributed by atoms with E-state index in [1.165, 1.54) is 0 Å². The van der Waals surface area contributed by atoms with Crippen molar-refractivity contribution in [1.29, 1.82) is 0 Å². The number of carbonyl (C=O) groups excluding carboxylic acids is 1. The number of anilines is 1. The number of aliphatic carboxylic acids is 1. The lowest BCUT2D eigenvalue weighted by atomic mass is 10.0. The van der Waals surface area contributed by atoms with Gasteiger partial charge in [-0.1, -0.05) is 68.3 Å². The molecule has 7 nitrogen and oxygen atoms in total. The summed E-state index contributed by atoms with van der Waals surface area (Å²) in [6.45, 7) is 5.96. The lowest BCUT2D eigenvalue weighted by Crippen LogP contribution is -2.45. The summed E-state index contributed by atoms with van der Waals surface area (Å²) in [5.41, 5.74) is 3.27. The lowest BCUT2D eigenvalue weighted by molar-refractivity contribution is -0.138. The Morgan fingerprint density at radius 3 is 2.17 bits per heavy atom. The second-order valence-corrected chi connectivity index (χ2v) is 11.8. The van der Waals surface area contributed by atoms with Crippen molar-refractivity contribution in [2.24, 2.45) is 0 Å². The number of nitrogens with one attached hydrogen (secondary N) is 1. The maximum Gasteiger partial charge on any atom is 0.327 e. The summed E-state index contributed by atoms with van der Waals surface area (Å²) in [5.74, 6) is -1.42. The van der Waals surface area contributed by atoms with Crippen molar-refractivity contribution in [3.05, 3.63) is 107 Å². The zero-order chi connectivity index (χ0) is 28.9. The second-order valence-electron chi connectivity index (χ2n) is 10.0. The quantitative estimate of drug-likeness (QED) is 0.227. The van der Waals surface area contributed by atoms with Crippen LogP contribution < -0.4 is 9.62 Å². The monoisotopic (exact) mass is 558 g/mol. The van der Waals surface area contributed by atoms with Crippen LogP contribution in [0.1, 0.15) is 53.2 Å². The van der Waals surface area contributed by atoms with Crippen LogP contribution in [0.3, 0.4) is 0 Å². The highest BCUT2D eigenvalue weighted by Gasteiger charge is 2.36. The van der Waals surface area contributed by atoms with Gasteiger partial charge in [-0.2, -0.15) is 0 Å². The molecular formula is C32H34N2O5S. The van der Waals surface area contributed by atoms with E-state index < -0.39 is 22.0 Å². The number of aryl methyl sites for hydroxylation is 2. The minimum atomic E-state index is -4.21. The Morgan fingerprint density at radius 1 is 0.875 bits per heavy atom. The molecule has 0 bridgehead atoms. The number of carbonyl (C=O) groups is 2. The molecule has 208 valence electrons. The van der Waals surface area contributed by atoms with Crippen molar-refractivity contribution >= 4 is 38.4 Å². The first-order chi connectivity index (χ1) is 19.1. The molecule has 0 spiro atoms. The summed E-state index contributed by atoms with van der Waals surface area (Å²) in [6, 6.07) is 23.5. The average Bonchev–Trinajstić information content (AvgIpc) is 2.93. The minimum Gasteiger partial charge on any atom is -0.480 e. The number of sulfonamides is 1. The highest BCUT2D eigenvalue weighted by molar-refractivity contribution is 7.93. The Bertz CT molecular complexity index is 1610. The van der Waals surface area contributed by atoms with Gasteiger partial charge < -0.3 is 10.4 Å². The number of hydrogen-bond acceptors (Lipinski definition) is 4. The number of benzene rings is 4. The highest BCUT2D eigenvalue weighted by Crippen LogP contribution is 2.32. The van der Waals surface area contributed by atoms with Gasteiger partial charge in [0.2, 0.25) is 0 Å². The van der Waals surface area contributed by atoms with E-state index in [1.54, 1.807) is 48.5 Å². The number of hydrogen-bond donors (Lipinski definition) is 2. The third-order valence-corrected chi connectivity index (χ3v) is 8.60. The maximum atomic E-state index is 14.0. The lowest BCUT2D eigenvalue weighted by Gasteiger charge is -2.31. The molecular weight excluding hydrogens is 524 g/mol. The van der Waals surface area contributed by atoms with Gasteiger partial charge in [0.25, 0.3) is 15.9 Å². The molecule has 0 saturated carbocycles. The Balaban J connectivity index is 1.72. The fraction of sp³-hybridized carbons (Fsp3) is 0.250. The van der Waals surface area contributed by atoms with E-state index in [0.29, 0.717) is 23.9 Å². The summed E-state index contributed by atoms with van der Waals surface area (Å²) >= 11 is 0. The number of nitrogens with zero attached hydrogens (tertiary/aromatic N) is 1. The van der Waals surface area contributed by atoms with Gasteiger partial charge in [0.15, 0.2) is 0 Å². The molecule has 0 aliphatic heterocycles. The molecule has 40 heavy (non-hydrogen) atoms.